The molecule has 3 rings (SSSR count). The van der Waals surface area contributed by atoms with Gasteiger partial charge in [0.15, 0.2) is 0 Å². The summed E-state index contributed by atoms with van der Waals surface area (Å²) in [4.78, 5) is 37.2. The van der Waals surface area contributed by atoms with E-state index in [-0.39, 0.29) is 17.4 Å². The molecule has 2 aromatic carbocycles. The van der Waals surface area contributed by atoms with Crippen LogP contribution in [0.4, 0.5) is 5.69 Å². The van der Waals surface area contributed by atoms with Gasteiger partial charge in [-0.25, -0.2) is 9.69 Å². The zero-order chi connectivity index (χ0) is 16.0. The number of carbonyl (C=O) groups is 3. The molecule has 0 unspecified atom stereocenters. The molecule has 0 aromatic heterocycles. The third-order valence-electron chi connectivity index (χ3n) is 3.28. The Balaban J connectivity index is 2.16. The van der Waals surface area contributed by atoms with Gasteiger partial charge in [0.05, 0.1) is 22.4 Å². The monoisotopic (exact) mass is 519 g/mol. The van der Waals surface area contributed by atoms with E-state index >= 15 is 0 Å². The molecule has 0 bridgehead atoms. The normalized spacial score (nSPS) is 13.5. The van der Waals surface area contributed by atoms with Crippen LogP contribution in [0.25, 0.3) is 0 Å². The van der Waals surface area contributed by atoms with Gasteiger partial charge in [-0.15, -0.1) is 0 Å². The van der Waals surface area contributed by atoms with Crippen LogP contribution in [0, 0.1) is 7.14 Å². The molecule has 0 spiro atoms. The summed E-state index contributed by atoms with van der Waals surface area (Å²) in [5.74, 6) is -1.83. The molecule has 0 radical (unpaired) electrons. The van der Waals surface area contributed by atoms with Gasteiger partial charge in [0.25, 0.3) is 11.8 Å². The fourth-order valence-corrected chi connectivity index (χ4v) is 4.55. The van der Waals surface area contributed by atoms with Crippen molar-refractivity contribution >= 4 is 68.7 Å². The van der Waals surface area contributed by atoms with Gasteiger partial charge in [-0.3, -0.25) is 9.59 Å². The number of amides is 2. The second-order valence-corrected chi connectivity index (χ2v) is 6.91. The molecule has 1 aliphatic heterocycles. The van der Waals surface area contributed by atoms with Gasteiger partial charge in [-0.2, -0.15) is 0 Å². The van der Waals surface area contributed by atoms with Crippen molar-refractivity contribution in [2.75, 3.05) is 4.90 Å². The number of aromatic carboxylic acids is 1. The van der Waals surface area contributed by atoms with Crippen molar-refractivity contribution in [3.8, 4) is 0 Å². The van der Waals surface area contributed by atoms with E-state index in [0.717, 1.165) is 4.90 Å². The number of rotatable bonds is 2. The topological polar surface area (TPSA) is 74.7 Å². The molecule has 7 heteroatoms. The Kier molecular flexibility index (Phi) is 3.93. The number of anilines is 1. The second kappa shape index (κ2) is 5.61. The Morgan fingerprint density at radius 1 is 0.955 bits per heavy atom. The molecule has 0 aliphatic carbocycles. The van der Waals surface area contributed by atoms with E-state index in [1.807, 2.05) is 45.2 Å². The third kappa shape index (κ3) is 2.32. The van der Waals surface area contributed by atoms with Crippen LogP contribution < -0.4 is 4.90 Å². The maximum Gasteiger partial charge on any atom is 0.335 e. The van der Waals surface area contributed by atoms with E-state index < -0.39 is 5.97 Å². The zero-order valence-corrected chi connectivity index (χ0v) is 15.2. The number of carboxylic acid groups (broad SMARTS) is 1. The molecule has 0 saturated heterocycles. The van der Waals surface area contributed by atoms with E-state index in [1.54, 1.807) is 24.3 Å². The summed E-state index contributed by atoms with van der Waals surface area (Å²) in [6, 6.07) is 9.53. The van der Waals surface area contributed by atoms with Gasteiger partial charge in [0, 0.05) is 7.14 Å². The van der Waals surface area contributed by atoms with Crippen LogP contribution in [-0.2, 0) is 0 Å². The summed E-state index contributed by atoms with van der Waals surface area (Å²) in [5, 5.41) is 9.08. The number of fused-ring (bicyclic) bond motifs is 1. The van der Waals surface area contributed by atoms with Crippen LogP contribution in [0.1, 0.15) is 31.1 Å². The molecule has 2 aromatic rings. The summed E-state index contributed by atoms with van der Waals surface area (Å²) in [5.41, 5.74) is 1.27. The smallest absolute Gasteiger partial charge is 0.335 e. The Morgan fingerprint density at radius 2 is 1.41 bits per heavy atom. The predicted molar refractivity (Wildman–Crippen MR) is 96.4 cm³/mol. The summed E-state index contributed by atoms with van der Waals surface area (Å²) < 4.78 is 1.08. The lowest BCUT2D eigenvalue weighted by molar-refractivity contribution is 0.0696. The van der Waals surface area contributed by atoms with Gasteiger partial charge >= 0.3 is 5.97 Å². The lowest BCUT2D eigenvalue weighted by Gasteiger charge is -2.18. The summed E-state index contributed by atoms with van der Waals surface area (Å²) in [6.07, 6.45) is 0. The number of carbonyl (C=O) groups excluding carboxylic acids is 2. The number of hydrogen-bond acceptors (Lipinski definition) is 3. The Morgan fingerprint density at radius 3 is 1.82 bits per heavy atom. The number of imide groups is 1. The van der Waals surface area contributed by atoms with Gasteiger partial charge in [0.2, 0.25) is 0 Å². The number of benzene rings is 2. The molecule has 0 saturated carbocycles. The van der Waals surface area contributed by atoms with Gasteiger partial charge in [0.1, 0.15) is 0 Å². The minimum Gasteiger partial charge on any atom is -0.478 e. The Hall–Kier alpha value is -1.49. The van der Waals surface area contributed by atoms with Crippen molar-refractivity contribution in [3.05, 3.63) is 60.2 Å². The molecule has 110 valence electrons. The summed E-state index contributed by atoms with van der Waals surface area (Å²) in [6.45, 7) is 0. The van der Waals surface area contributed by atoms with Crippen molar-refractivity contribution < 1.29 is 19.5 Å². The van der Waals surface area contributed by atoms with Crippen LogP contribution in [0.5, 0.6) is 0 Å². The molecular formula is C15H7I2NO4. The first kappa shape index (κ1) is 15.4. The van der Waals surface area contributed by atoms with E-state index in [0.29, 0.717) is 24.0 Å². The highest BCUT2D eigenvalue weighted by molar-refractivity contribution is 14.1. The quantitative estimate of drug-likeness (QED) is 0.488. The van der Waals surface area contributed by atoms with E-state index in [2.05, 4.69) is 0 Å². The highest BCUT2D eigenvalue weighted by Crippen LogP contribution is 2.35. The van der Waals surface area contributed by atoms with E-state index in [9.17, 15) is 14.4 Å². The molecular weight excluding hydrogens is 512 g/mol. The first-order valence-electron chi connectivity index (χ1n) is 6.12. The Labute approximate surface area is 152 Å². The van der Waals surface area contributed by atoms with Gasteiger partial charge < -0.3 is 5.11 Å². The molecule has 1 heterocycles. The van der Waals surface area contributed by atoms with Gasteiger partial charge in [-0.05, 0) is 69.4 Å². The molecule has 0 atom stereocenters. The third-order valence-corrected chi connectivity index (χ3v) is 4.93. The van der Waals surface area contributed by atoms with E-state index in [4.69, 9.17) is 5.11 Å². The highest BCUT2D eigenvalue weighted by Gasteiger charge is 2.38. The number of hydrogen-bond donors (Lipinski definition) is 1. The Bertz CT molecular complexity index is 789. The molecule has 1 N–H and O–H groups in total. The van der Waals surface area contributed by atoms with Crippen molar-refractivity contribution in [3.63, 3.8) is 0 Å². The molecule has 5 nitrogen and oxygen atoms in total. The SMILES string of the molecule is O=C(O)c1cc(I)c(N2C(=O)c3ccccc3C2=O)c(I)c1. The zero-order valence-electron chi connectivity index (χ0n) is 10.8. The predicted octanol–water partition coefficient (Wildman–Crippen LogP) is 3.39. The van der Waals surface area contributed by atoms with Gasteiger partial charge in [-0.1, -0.05) is 12.1 Å². The first-order valence-corrected chi connectivity index (χ1v) is 8.27. The van der Waals surface area contributed by atoms with Crippen LogP contribution in [0.15, 0.2) is 36.4 Å². The first-order chi connectivity index (χ1) is 10.4. The lowest BCUT2D eigenvalue weighted by Crippen LogP contribution is -2.31. The minimum absolute atomic E-state index is 0.120. The van der Waals surface area contributed by atoms with Crippen LogP contribution in [0.2, 0.25) is 0 Å². The maximum absolute atomic E-state index is 12.5. The van der Waals surface area contributed by atoms with Crippen LogP contribution >= 0.6 is 45.2 Å². The summed E-state index contributed by atoms with van der Waals surface area (Å²) in [7, 11) is 0. The van der Waals surface area contributed by atoms with Crippen molar-refractivity contribution in [2.24, 2.45) is 0 Å². The molecule has 0 fully saturated rings. The molecule has 1 aliphatic rings. The average Bonchev–Trinajstić information content (AvgIpc) is 2.72. The second-order valence-electron chi connectivity index (χ2n) is 4.58. The number of halogens is 2. The highest BCUT2D eigenvalue weighted by atomic mass is 127. The molecule has 2 amide bonds. The lowest BCUT2D eigenvalue weighted by atomic mass is 10.1. The van der Waals surface area contributed by atoms with E-state index in [1.165, 1.54) is 12.1 Å². The minimum atomic E-state index is -1.05. The number of carboxylic acids is 1. The van der Waals surface area contributed by atoms with Crippen molar-refractivity contribution in [1.82, 2.24) is 0 Å². The largest absolute Gasteiger partial charge is 0.478 e. The van der Waals surface area contributed by atoms with Crippen LogP contribution in [0.3, 0.4) is 0 Å². The van der Waals surface area contributed by atoms with Crippen molar-refractivity contribution in [1.29, 1.82) is 0 Å². The summed E-state index contributed by atoms with van der Waals surface area (Å²) >= 11 is 3.88. The van der Waals surface area contributed by atoms with Crippen LogP contribution in [-0.4, -0.2) is 22.9 Å². The molecule has 22 heavy (non-hydrogen) atoms. The average molecular weight is 519 g/mol. The number of nitrogens with zero attached hydrogens (tertiary/aromatic N) is 1. The fourth-order valence-electron chi connectivity index (χ4n) is 2.29. The van der Waals surface area contributed by atoms with Crippen molar-refractivity contribution in [2.45, 2.75) is 0 Å². The fraction of sp³-hybridized carbons (Fsp3) is 0. The standard InChI is InChI=1S/C15H7I2NO4/c16-10-5-7(15(21)22)6-11(17)12(10)18-13(19)8-3-1-2-4-9(8)14(18)20/h1-6H,(H,21,22). The maximum atomic E-state index is 12.5.